The van der Waals surface area contributed by atoms with E-state index in [-0.39, 0.29) is 30.5 Å². The summed E-state index contributed by atoms with van der Waals surface area (Å²) in [6.07, 6.45) is -0.138. The van der Waals surface area contributed by atoms with Crippen molar-refractivity contribution >= 4 is 30.0 Å². The average Bonchev–Trinajstić information content (AvgIpc) is 2.46. The van der Waals surface area contributed by atoms with Gasteiger partial charge in [0.25, 0.3) is 0 Å². The molecule has 1 heterocycles. The van der Waals surface area contributed by atoms with Crippen LogP contribution in [0.1, 0.15) is 12.5 Å². The quantitative estimate of drug-likeness (QED) is 0.649. The molecule has 22 heavy (non-hydrogen) atoms. The van der Waals surface area contributed by atoms with Crippen LogP contribution >= 0.6 is 12.4 Å². The SMILES string of the molecule is C[C@H]1OCCN[C@@H]1C(=O)NCc1ccc(NC(N)=O)cc1.Cl. The van der Waals surface area contributed by atoms with Crippen LogP contribution in [0.5, 0.6) is 0 Å². The molecular weight excluding hydrogens is 308 g/mol. The minimum atomic E-state index is -0.603. The molecule has 0 unspecified atom stereocenters. The van der Waals surface area contributed by atoms with Crippen LogP contribution in [-0.2, 0) is 16.1 Å². The van der Waals surface area contributed by atoms with Crippen molar-refractivity contribution in [2.75, 3.05) is 18.5 Å². The van der Waals surface area contributed by atoms with E-state index >= 15 is 0 Å². The molecule has 1 saturated heterocycles. The number of benzene rings is 1. The molecule has 5 N–H and O–H groups in total. The van der Waals surface area contributed by atoms with Gasteiger partial charge in [0.1, 0.15) is 6.04 Å². The Hall–Kier alpha value is -1.83. The Bertz CT molecular complexity index is 509. The van der Waals surface area contributed by atoms with Crippen LogP contribution in [0.15, 0.2) is 24.3 Å². The van der Waals surface area contributed by atoms with Crippen LogP contribution in [0.4, 0.5) is 10.5 Å². The lowest BCUT2D eigenvalue weighted by Gasteiger charge is -2.29. The molecule has 1 aromatic rings. The van der Waals surface area contributed by atoms with Crippen LogP contribution in [0.3, 0.4) is 0 Å². The van der Waals surface area contributed by atoms with Crippen LogP contribution in [0.25, 0.3) is 0 Å². The third kappa shape index (κ3) is 5.18. The van der Waals surface area contributed by atoms with Crippen LogP contribution in [-0.4, -0.2) is 37.2 Å². The van der Waals surface area contributed by atoms with Crippen LogP contribution in [0.2, 0.25) is 0 Å². The van der Waals surface area contributed by atoms with Crippen molar-refractivity contribution in [3.05, 3.63) is 29.8 Å². The van der Waals surface area contributed by atoms with Crippen molar-refractivity contribution in [3.63, 3.8) is 0 Å². The van der Waals surface area contributed by atoms with Crippen LogP contribution < -0.4 is 21.7 Å². The number of carbonyl (C=O) groups is 2. The first-order valence-corrected chi connectivity index (χ1v) is 6.84. The maximum absolute atomic E-state index is 12.1. The molecule has 0 spiro atoms. The van der Waals surface area contributed by atoms with E-state index in [9.17, 15) is 9.59 Å². The standard InChI is InChI=1S/C14H20N4O3.ClH/c1-9-12(16-6-7-21-9)13(19)17-8-10-2-4-11(5-3-10)18-14(15)20;/h2-5,9,12,16H,6-8H2,1H3,(H,17,19)(H3,15,18,20);1H/t9-,12+;/m1./s1. The monoisotopic (exact) mass is 328 g/mol. The molecule has 1 aliphatic rings. The summed E-state index contributed by atoms with van der Waals surface area (Å²) in [5.74, 6) is -0.0819. The Morgan fingerprint density at radius 1 is 1.36 bits per heavy atom. The first-order valence-electron chi connectivity index (χ1n) is 6.84. The minimum absolute atomic E-state index is 0. The molecule has 122 valence electrons. The predicted molar refractivity (Wildman–Crippen MR) is 85.9 cm³/mol. The molecule has 0 aliphatic carbocycles. The van der Waals surface area contributed by atoms with Crippen molar-refractivity contribution in [2.45, 2.75) is 25.6 Å². The first kappa shape index (κ1) is 18.2. The number of hydrogen-bond acceptors (Lipinski definition) is 4. The summed E-state index contributed by atoms with van der Waals surface area (Å²) in [7, 11) is 0. The van der Waals surface area contributed by atoms with E-state index in [1.54, 1.807) is 12.1 Å². The Morgan fingerprint density at radius 2 is 2.05 bits per heavy atom. The number of carbonyl (C=O) groups excluding carboxylic acids is 2. The van der Waals surface area contributed by atoms with Gasteiger partial charge in [-0.05, 0) is 24.6 Å². The lowest BCUT2D eigenvalue weighted by Crippen LogP contribution is -2.55. The number of rotatable bonds is 4. The van der Waals surface area contributed by atoms with E-state index in [0.29, 0.717) is 25.4 Å². The molecule has 1 fully saturated rings. The van der Waals surface area contributed by atoms with E-state index < -0.39 is 6.03 Å². The lowest BCUT2D eigenvalue weighted by molar-refractivity contribution is -0.129. The fourth-order valence-electron chi connectivity index (χ4n) is 2.17. The number of nitrogens with one attached hydrogen (secondary N) is 3. The maximum atomic E-state index is 12.1. The smallest absolute Gasteiger partial charge is 0.316 e. The summed E-state index contributed by atoms with van der Waals surface area (Å²) in [6.45, 7) is 3.59. The highest BCUT2D eigenvalue weighted by Crippen LogP contribution is 2.09. The van der Waals surface area contributed by atoms with E-state index in [1.165, 1.54) is 0 Å². The molecule has 0 aromatic heterocycles. The minimum Gasteiger partial charge on any atom is -0.375 e. The van der Waals surface area contributed by atoms with E-state index in [2.05, 4.69) is 16.0 Å². The van der Waals surface area contributed by atoms with E-state index in [4.69, 9.17) is 10.5 Å². The topological polar surface area (TPSA) is 105 Å². The number of primary amides is 1. The fourth-order valence-corrected chi connectivity index (χ4v) is 2.17. The Morgan fingerprint density at radius 3 is 2.64 bits per heavy atom. The van der Waals surface area contributed by atoms with Gasteiger partial charge < -0.3 is 26.4 Å². The summed E-state index contributed by atoms with van der Waals surface area (Å²) in [6, 6.07) is 6.18. The zero-order chi connectivity index (χ0) is 15.2. The van der Waals surface area contributed by atoms with Gasteiger partial charge in [-0.3, -0.25) is 4.79 Å². The molecule has 0 bridgehead atoms. The normalized spacial score (nSPS) is 20.6. The predicted octanol–water partition coefficient (Wildman–Crippen LogP) is 0.592. The molecule has 0 saturated carbocycles. The second-order valence-electron chi connectivity index (χ2n) is 4.91. The van der Waals surface area contributed by atoms with Crippen molar-refractivity contribution in [3.8, 4) is 0 Å². The van der Waals surface area contributed by atoms with Crippen molar-refractivity contribution < 1.29 is 14.3 Å². The Labute approximate surface area is 135 Å². The van der Waals surface area contributed by atoms with Gasteiger partial charge in [-0.15, -0.1) is 12.4 Å². The van der Waals surface area contributed by atoms with Crippen LogP contribution in [0, 0.1) is 0 Å². The van der Waals surface area contributed by atoms with E-state index in [0.717, 1.165) is 5.56 Å². The third-order valence-electron chi connectivity index (χ3n) is 3.29. The summed E-state index contributed by atoms with van der Waals surface area (Å²) in [5, 5.41) is 8.48. The van der Waals surface area contributed by atoms with Gasteiger partial charge >= 0.3 is 6.03 Å². The zero-order valence-electron chi connectivity index (χ0n) is 12.3. The van der Waals surface area contributed by atoms with Gasteiger partial charge in [-0.25, -0.2) is 4.79 Å². The average molecular weight is 329 g/mol. The first-order chi connectivity index (χ1) is 10.1. The summed E-state index contributed by atoms with van der Waals surface area (Å²) in [5.41, 5.74) is 6.58. The zero-order valence-corrected chi connectivity index (χ0v) is 13.1. The van der Waals surface area contributed by atoms with E-state index in [1.807, 2.05) is 19.1 Å². The molecule has 8 heteroatoms. The molecule has 7 nitrogen and oxygen atoms in total. The van der Waals surface area contributed by atoms with Gasteiger partial charge in [-0.1, -0.05) is 12.1 Å². The van der Waals surface area contributed by atoms with Gasteiger partial charge in [0.05, 0.1) is 12.7 Å². The molecule has 0 radical (unpaired) electrons. The molecular formula is C14H21ClN4O3. The third-order valence-corrected chi connectivity index (χ3v) is 3.29. The molecule has 1 aromatic carbocycles. The molecule has 3 amide bonds. The number of morpholine rings is 1. The second kappa shape index (κ2) is 8.57. The summed E-state index contributed by atoms with van der Waals surface area (Å²) in [4.78, 5) is 22.8. The highest BCUT2D eigenvalue weighted by molar-refractivity contribution is 5.87. The number of hydrogen-bond donors (Lipinski definition) is 4. The van der Waals surface area contributed by atoms with Crippen molar-refractivity contribution in [2.24, 2.45) is 5.73 Å². The van der Waals surface area contributed by atoms with Gasteiger partial charge in [0.2, 0.25) is 5.91 Å². The van der Waals surface area contributed by atoms with Gasteiger partial charge in [-0.2, -0.15) is 0 Å². The lowest BCUT2D eigenvalue weighted by atomic mass is 10.1. The molecule has 2 atom stereocenters. The Balaban J connectivity index is 0.00000242. The summed E-state index contributed by atoms with van der Waals surface area (Å²) < 4.78 is 5.44. The fraction of sp³-hybridized carbons (Fsp3) is 0.429. The number of nitrogens with two attached hydrogens (primary N) is 1. The highest BCUT2D eigenvalue weighted by atomic mass is 35.5. The van der Waals surface area contributed by atoms with Gasteiger partial charge in [0, 0.05) is 18.8 Å². The number of urea groups is 1. The number of anilines is 1. The second-order valence-corrected chi connectivity index (χ2v) is 4.91. The number of amides is 3. The largest absolute Gasteiger partial charge is 0.375 e. The maximum Gasteiger partial charge on any atom is 0.316 e. The summed E-state index contributed by atoms with van der Waals surface area (Å²) >= 11 is 0. The van der Waals surface area contributed by atoms with Gasteiger partial charge in [0.15, 0.2) is 0 Å². The Kier molecular flexibility index (Phi) is 7.10. The van der Waals surface area contributed by atoms with Crippen molar-refractivity contribution in [1.82, 2.24) is 10.6 Å². The number of ether oxygens (including phenoxy) is 1. The highest BCUT2D eigenvalue weighted by Gasteiger charge is 2.27. The molecule has 1 aliphatic heterocycles. The number of halogens is 1. The molecule has 2 rings (SSSR count). The van der Waals surface area contributed by atoms with Crippen molar-refractivity contribution in [1.29, 1.82) is 0 Å².